The van der Waals surface area contributed by atoms with Crippen molar-refractivity contribution in [1.82, 2.24) is 24.4 Å². The molecule has 1 N–H and O–H groups in total. The van der Waals surface area contributed by atoms with Gasteiger partial charge in [0.15, 0.2) is 5.65 Å². The lowest BCUT2D eigenvalue weighted by Gasteiger charge is -2.11. The van der Waals surface area contributed by atoms with Gasteiger partial charge in [-0.3, -0.25) is 4.79 Å². The second-order valence-electron chi connectivity index (χ2n) is 6.10. The average Bonchev–Trinajstić information content (AvgIpc) is 3.12. The van der Waals surface area contributed by atoms with E-state index < -0.39 is 0 Å². The van der Waals surface area contributed by atoms with Crippen LogP contribution in [0.3, 0.4) is 0 Å². The number of nitrogens with zero attached hydrogens (tertiary/aromatic N) is 5. The summed E-state index contributed by atoms with van der Waals surface area (Å²) in [6.45, 7) is 2.77. The largest absolute Gasteiger partial charge is 0.368 e. The molecule has 136 valence electrons. The summed E-state index contributed by atoms with van der Waals surface area (Å²) in [5.41, 5.74) is 2.80. The van der Waals surface area contributed by atoms with Crippen molar-refractivity contribution in [3.8, 4) is 11.3 Å². The molecule has 1 aromatic carbocycles. The van der Waals surface area contributed by atoms with Crippen LogP contribution >= 0.6 is 0 Å². The molecule has 0 aliphatic heterocycles. The number of aromatic nitrogens is 5. The molecule has 0 amide bonds. The molecule has 0 atom stereocenters. The minimum Gasteiger partial charge on any atom is -0.368 e. The Bertz CT molecular complexity index is 1150. The standard InChI is InChI=1S/C19H17FN6O/c1-13-12-18(26-17(23-13)8-9-22-26)21-10-11-25-19(27)7-6-16(24-25)14-2-4-15(20)5-3-14/h2-9,12,21H,10-11H2,1H3. The SMILES string of the molecule is Cc1cc(NCCn2nc(-c3ccc(F)cc3)ccc2=O)n2nccc2n1. The van der Waals surface area contributed by atoms with E-state index in [4.69, 9.17) is 0 Å². The van der Waals surface area contributed by atoms with Crippen LogP contribution in [0, 0.1) is 12.7 Å². The van der Waals surface area contributed by atoms with Crippen LogP contribution < -0.4 is 10.9 Å². The van der Waals surface area contributed by atoms with E-state index in [9.17, 15) is 9.18 Å². The molecule has 7 nitrogen and oxygen atoms in total. The van der Waals surface area contributed by atoms with Crippen molar-refractivity contribution in [1.29, 1.82) is 0 Å². The molecule has 0 aliphatic carbocycles. The smallest absolute Gasteiger partial charge is 0.266 e. The summed E-state index contributed by atoms with van der Waals surface area (Å²) in [5.74, 6) is 0.485. The van der Waals surface area contributed by atoms with E-state index in [0.29, 0.717) is 18.8 Å². The molecule has 4 rings (SSSR count). The molecule has 0 fully saturated rings. The van der Waals surface area contributed by atoms with Crippen molar-refractivity contribution >= 4 is 11.5 Å². The van der Waals surface area contributed by atoms with Gasteiger partial charge in [0.05, 0.1) is 18.4 Å². The lowest BCUT2D eigenvalue weighted by atomic mass is 10.1. The van der Waals surface area contributed by atoms with Crippen molar-refractivity contribution in [2.45, 2.75) is 13.5 Å². The third-order valence-electron chi connectivity index (χ3n) is 4.12. The Morgan fingerprint density at radius 3 is 2.74 bits per heavy atom. The Kier molecular flexibility index (Phi) is 4.37. The third kappa shape index (κ3) is 3.55. The van der Waals surface area contributed by atoms with Gasteiger partial charge < -0.3 is 5.32 Å². The second-order valence-corrected chi connectivity index (χ2v) is 6.10. The maximum Gasteiger partial charge on any atom is 0.266 e. The summed E-state index contributed by atoms with van der Waals surface area (Å²) < 4.78 is 16.2. The molecule has 0 radical (unpaired) electrons. The van der Waals surface area contributed by atoms with Gasteiger partial charge in [-0.15, -0.1) is 0 Å². The number of hydrogen-bond acceptors (Lipinski definition) is 5. The quantitative estimate of drug-likeness (QED) is 0.589. The molecule has 0 unspecified atom stereocenters. The van der Waals surface area contributed by atoms with Crippen LogP contribution in [0.25, 0.3) is 16.9 Å². The van der Waals surface area contributed by atoms with E-state index in [1.54, 1.807) is 28.9 Å². The van der Waals surface area contributed by atoms with Gasteiger partial charge in [-0.1, -0.05) is 0 Å². The number of nitrogens with one attached hydrogen (secondary N) is 1. The summed E-state index contributed by atoms with van der Waals surface area (Å²) in [7, 11) is 0. The van der Waals surface area contributed by atoms with Crippen molar-refractivity contribution in [3.63, 3.8) is 0 Å². The van der Waals surface area contributed by atoms with Crippen LogP contribution in [0.15, 0.2) is 59.5 Å². The normalized spacial score (nSPS) is 11.0. The summed E-state index contributed by atoms with van der Waals surface area (Å²) >= 11 is 0. The molecule has 3 aromatic heterocycles. The Hall–Kier alpha value is -3.55. The van der Waals surface area contributed by atoms with E-state index in [1.807, 2.05) is 19.1 Å². The highest BCUT2D eigenvalue weighted by atomic mass is 19.1. The minimum absolute atomic E-state index is 0.196. The maximum absolute atomic E-state index is 13.1. The first-order chi connectivity index (χ1) is 13.1. The van der Waals surface area contributed by atoms with Crippen LogP contribution in [0.4, 0.5) is 10.2 Å². The Balaban J connectivity index is 1.52. The van der Waals surface area contributed by atoms with Crippen LogP contribution in [0.1, 0.15) is 5.69 Å². The van der Waals surface area contributed by atoms with Gasteiger partial charge in [0.25, 0.3) is 5.56 Å². The molecule has 3 heterocycles. The zero-order valence-electron chi connectivity index (χ0n) is 14.6. The van der Waals surface area contributed by atoms with E-state index in [-0.39, 0.29) is 11.4 Å². The van der Waals surface area contributed by atoms with Gasteiger partial charge in [0.2, 0.25) is 0 Å². The molecule has 0 bridgehead atoms. The summed E-state index contributed by atoms with van der Waals surface area (Å²) in [4.78, 5) is 16.5. The second kappa shape index (κ2) is 6.99. The first kappa shape index (κ1) is 16.9. The molecule has 0 saturated heterocycles. The summed E-state index contributed by atoms with van der Waals surface area (Å²) in [5, 5.41) is 11.9. The van der Waals surface area contributed by atoms with E-state index in [2.05, 4.69) is 20.5 Å². The van der Waals surface area contributed by atoms with Gasteiger partial charge in [-0.2, -0.15) is 14.7 Å². The topological polar surface area (TPSA) is 77.1 Å². The third-order valence-corrected chi connectivity index (χ3v) is 4.12. The zero-order valence-corrected chi connectivity index (χ0v) is 14.6. The molecule has 0 saturated carbocycles. The van der Waals surface area contributed by atoms with Crippen molar-refractivity contribution in [2.24, 2.45) is 0 Å². The number of halogens is 1. The number of aryl methyl sites for hydroxylation is 1. The predicted octanol–water partition coefficient (Wildman–Crippen LogP) is 2.51. The first-order valence-corrected chi connectivity index (χ1v) is 8.49. The monoisotopic (exact) mass is 364 g/mol. The van der Waals surface area contributed by atoms with Gasteiger partial charge in [-0.05, 0) is 37.3 Å². The average molecular weight is 364 g/mol. The molecule has 27 heavy (non-hydrogen) atoms. The number of benzene rings is 1. The van der Waals surface area contributed by atoms with Crippen molar-refractivity contribution < 1.29 is 4.39 Å². The van der Waals surface area contributed by atoms with Gasteiger partial charge >= 0.3 is 0 Å². The van der Waals surface area contributed by atoms with Crippen LogP contribution in [0.5, 0.6) is 0 Å². The predicted molar refractivity (Wildman–Crippen MR) is 100 cm³/mol. The van der Waals surface area contributed by atoms with Crippen molar-refractivity contribution in [2.75, 3.05) is 11.9 Å². The van der Waals surface area contributed by atoms with Crippen LogP contribution in [-0.2, 0) is 6.54 Å². The highest BCUT2D eigenvalue weighted by Gasteiger charge is 2.06. The van der Waals surface area contributed by atoms with Crippen molar-refractivity contribution in [3.05, 3.63) is 76.6 Å². The number of rotatable bonds is 5. The Morgan fingerprint density at radius 1 is 1.11 bits per heavy atom. The number of anilines is 1. The molecule has 8 heteroatoms. The van der Waals surface area contributed by atoms with Crippen LogP contribution in [-0.4, -0.2) is 30.9 Å². The number of hydrogen-bond donors (Lipinski definition) is 1. The van der Waals surface area contributed by atoms with Gasteiger partial charge in [-0.25, -0.2) is 14.1 Å². The van der Waals surface area contributed by atoms with Gasteiger partial charge in [0.1, 0.15) is 11.6 Å². The van der Waals surface area contributed by atoms with Gasteiger partial charge in [0, 0.05) is 36.0 Å². The first-order valence-electron chi connectivity index (χ1n) is 8.49. The molecule has 0 spiro atoms. The van der Waals surface area contributed by atoms with E-state index in [0.717, 1.165) is 22.7 Å². The fourth-order valence-corrected chi connectivity index (χ4v) is 2.84. The fourth-order valence-electron chi connectivity index (χ4n) is 2.84. The van der Waals surface area contributed by atoms with Crippen LogP contribution in [0.2, 0.25) is 0 Å². The molecule has 4 aromatic rings. The molecule has 0 aliphatic rings. The minimum atomic E-state index is -0.311. The highest BCUT2D eigenvalue weighted by molar-refractivity contribution is 5.57. The Morgan fingerprint density at radius 2 is 1.93 bits per heavy atom. The number of fused-ring (bicyclic) bond motifs is 1. The Labute approximate surface area is 154 Å². The zero-order chi connectivity index (χ0) is 18.8. The lowest BCUT2D eigenvalue weighted by molar-refractivity contribution is 0.599. The highest BCUT2D eigenvalue weighted by Crippen LogP contribution is 2.15. The lowest BCUT2D eigenvalue weighted by Crippen LogP contribution is -2.26. The van der Waals surface area contributed by atoms with E-state index in [1.165, 1.54) is 22.9 Å². The maximum atomic E-state index is 13.1. The van der Waals surface area contributed by atoms with E-state index >= 15 is 0 Å². The summed E-state index contributed by atoms with van der Waals surface area (Å²) in [6.07, 6.45) is 1.69. The molecular weight excluding hydrogens is 347 g/mol. The fraction of sp³-hybridized carbons (Fsp3) is 0.158. The summed E-state index contributed by atoms with van der Waals surface area (Å²) in [6, 6.07) is 12.8. The molecular formula is C19H17FN6O.